The van der Waals surface area contributed by atoms with E-state index in [1.54, 1.807) is 0 Å². The molecule has 0 aromatic carbocycles. The van der Waals surface area contributed by atoms with Crippen LogP contribution in [0.2, 0.25) is 0 Å². The molecule has 0 rings (SSSR count). The average molecular weight is 941 g/mol. The Kier molecular flexibility index (Phi) is 59.1. The van der Waals surface area contributed by atoms with Crippen molar-refractivity contribution in [2.45, 2.75) is 181 Å². The summed E-state index contributed by atoms with van der Waals surface area (Å²) in [6.07, 6.45) is 29.4. The van der Waals surface area contributed by atoms with Crippen molar-refractivity contribution in [3.63, 3.8) is 0 Å². The number of aliphatic carboxylic acids is 2. The van der Waals surface area contributed by atoms with Gasteiger partial charge in [-0.25, -0.2) is 9.59 Å². The highest BCUT2D eigenvalue weighted by Crippen LogP contribution is 2.16. The fourth-order valence-electron chi connectivity index (χ4n) is 6.53. The smallest absolute Gasteiger partial charge is 0.329 e. The van der Waals surface area contributed by atoms with E-state index in [-0.39, 0.29) is 26.4 Å². The van der Waals surface area contributed by atoms with Crippen LogP contribution in [0.5, 0.6) is 0 Å². The molecule has 2 unspecified atom stereocenters. The molecule has 0 aliphatic rings. The molecule has 65 heavy (non-hydrogen) atoms. The number of carboxylic acid groups (broad SMARTS) is 2. The highest BCUT2D eigenvalue weighted by atomic mass is 16.6. The Bertz CT molecular complexity index is 916. The van der Waals surface area contributed by atoms with E-state index in [0.29, 0.717) is 118 Å². The van der Waals surface area contributed by atoms with Gasteiger partial charge in [-0.05, 0) is 26.2 Å². The van der Waals surface area contributed by atoms with Gasteiger partial charge in [-0.15, -0.1) is 0 Å². The summed E-state index contributed by atoms with van der Waals surface area (Å²) in [5.41, 5.74) is 0. The third kappa shape index (κ3) is 62.5. The van der Waals surface area contributed by atoms with Crippen LogP contribution >= 0.6 is 0 Å². The molecule has 0 radical (unpaired) electrons. The Balaban J connectivity index is 0. The molecule has 0 aliphatic carbocycles. The zero-order chi connectivity index (χ0) is 47.8. The van der Waals surface area contributed by atoms with Gasteiger partial charge in [0, 0.05) is 0 Å². The maximum atomic E-state index is 10.3. The Morgan fingerprint density at radius 1 is 0.323 bits per heavy atom. The predicted molar refractivity (Wildman–Crippen MR) is 256 cm³/mol. The van der Waals surface area contributed by atoms with Crippen molar-refractivity contribution in [1.29, 1.82) is 0 Å². The predicted octanol–water partition coefficient (Wildman–Crippen LogP) is 9.72. The van der Waals surface area contributed by atoms with Crippen LogP contribution in [0, 0.1) is 0 Å². The van der Waals surface area contributed by atoms with Crippen molar-refractivity contribution in [3.05, 3.63) is 0 Å². The van der Waals surface area contributed by atoms with E-state index in [0.717, 1.165) is 19.3 Å². The molecule has 0 heterocycles. The molecule has 0 amide bonds. The highest BCUT2D eigenvalue weighted by molar-refractivity contribution is 5.68. The molecule has 0 aromatic heterocycles. The van der Waals surface area contributed by atoms with Gasteiger partial charge in [0.15, 0.2) is 0 Å². The second kappa shape index (κ2) is 58.6. The number of hydrogen-bond acceptors (Lipinski definition) is 13. The van der Waals surface area contributed by atoms with Crippen LogP contribution in [-0.4, -0.2) is 166 Å². The van der Waals surface area contributed by atoms with Crippen LogP contribution in [0.4, 0.5) is 0 Å². The second-order valence-electron chi connectivity index (χ2n) is 16.4. The molecule has 2 atom stereocenters. The van der Waals surface area contributed by atoms with Crippen LogP contribution in [0.1, 0.15) is 169 Å². The summed E-state index contributed by atoms with van der Waals surface area (Å²) < 4.78 is 59.6. The van der Waals surface area contributed by atoms with E-state index in [9.17, 15) is 9.59 Å². The van der Waals surface area contributed by atoms with Gasteiger partial charge in [0.05, 0.1) is 131 Å². The minimum Gasteiger partial charge on any atom is -0.480 e. The molecule has 0 aromatic rings. The van der Waals surface area contributed by atoms with E-state index in [2.05, 4.69) is 27.7 Å². The van der Waals surface area contributed by atoms with Crippen molar-refractivity contribution in [3.8, 4) is 0 Å². The van der Waals surface area contributed by atoms with Crippen LogP contribution in [0.25, 0.3) is 0 Å². The molecule has 0 saturated carbocycles. The second-order valence-corrected chi connectivity index (χ2v) is 16.4. The monoisotopic (exact) mass is 941 g/mol. The summed E-state index contributed by atoms with van der Waals surface area (Å²) in [6, 6.07) is 0. The average Bonchev–Trinajstić information content (AvgIpc) is 3.29. The van der Waals surface area contributed by atoms with Gasteiger partial charge in [-0.3, -0.25) is 0 Å². The molecule has 0 saturated heterocycles. The van der Waals surface area contributed by atoms with E-state index in [4.69, 9.17) is 62.3 Å². The SMILES string of the molecule is CCCCCCCC(CCCCCC)OCCOCCOCCOCC(=O)O.CCCCCCCCCCCCC(C)OCCOCCOCCOCCOCCOCCOCC(=O)O. The van der Waals surface area contributed by atoms with E-state index < -0.39 is 11.9 Å². The fraction of sp³-hybridized carbons (Fsp3) is 0.960. The quantitative estimate of drug-likeness (QED) is 0.0551. The van der Waals surface area contributed by atoms with Gasteiger partial charge >= 0.3 is 11.9 Å². The standard InChI is InChI=1S/C28H56O9.C22H44O6/c1-3-4-5-6-7-8-9-10-11-12-13-27(2)37-25-24-35-21-20-33-17-16-31-14-15-32-18-19-34-22-23-36-26-28(29)30;1-3-5-7-9-11-13-21(12-10-8-6-4-2)28-19-18-26-15-14-25-16-17-27-20-22(23)24/h27H,3-26H2,1-2H3,(H,29,30);21H,3-20H2,1-2H3,(H,23,24). The lowest BCUT2D eigenvalue weighted by Crippen LogP contribution is -2.18. The van der Waals surface area contributed by atoms with Crippen molar-refractivity contribution < 1.29 is 71.9 Å². The molecule has 0 fully saturated rings. The van der Waals surface area contributed by atoms with E-state index in [1.165, 1.54) is 122 Å². The molecule has 2 N–H and O–H groups in total. The molecule has 0 spiro atoms. The summed E-state index contributed by atoms with van der Waals surface area (Å²) in [5.74, 6) is -1.95. The highest BCUT2D eigenvalue weighted by Gasteiger charge is 2.09. The normalized spacial score (nSPS) is 12.3. The largest absolute Gasteiger partial charge is 0.480 e. The van der Waals surface area contributed by atoms with Crippen molar-refractivity contribution >= 4 is 11.9 Å². The van der Waals surface area contributed by atoms with Crippen molar-refractivity contribution in [1.82, 2.24) is 0 Å². The maximum Gasteiger partial charge on any atom is 0.329 e. The Hall–Kier alpha value is -1.50. The molecule has 0 aliphatic heterocycles. The van der Waals surface area contributed by atoms with Crippen LogP contribution < -0.4 is 0 Å². The van der Waals surface area contributed by atoms with Crippen LogP contribution in [-0.2, 0) is 61.7 Å². The van der Waals surface area contributed by atoms with Crippen LogP contribution in [0.15, 0.2) is 0 Å². The Morgan fingerprint density at radius 3 is 0.892 bits per heavy atom. The Labute approximate surface area is 396 Å². The lowest BCUT2D eigenvalue weighted by molar-refractivity contribution is -0.143. The first-order chi connectivity index (χ1) is 31.9. The minimum atomic E-state index is -0.984. The van der Waals surface area contributed by atoms with Gasteiger partial charge in [0.1, 0.15) is 13.2 Å². The zero-order valence-corrected chi connectivity index (χ0v) is 42.1. The number of carboxylic acids is 2. The zero-order valence-electron chi connectivity index (χ0n) is 42.1. The number of ether oxygens (including phenoxy) is 11. The van der Waals surface area contributed by atoms with Crippen LogP contribution in [0.3, 0.4) is 0 Å². The summed E-state index contributed by atoms with van der Waals surface area (Å²) in [4.78, 5) is 20.5. The van der Waals surface area contributed by atoms with E-state index in [1.807, 2.05) is 0 Å². The number of hydrogen-bond donors (Lipinski definition) is 2. The topological polar surface area (TPSA) is 176 Å². The Morgan fingerprint density at radius 2 is 0.569 bits per heavy atom. The maximum absolute atomic E-state index is 10.3. The molecular weight excluding hydrogens is 841 g/mol. The summed E-state index contributed by atoms with van der Waals surface area (Å²) in [5, 5.41) is 16.8. The first-order valence-electron chi connectivity index (χ1n) is 25.7. The van der Waals surface area contributed by atoms with Gasteiger partial charge in [0.25, 0.3) is 0 Å². The lowest BCUT2D eigenvalue weighted by Gasteiger charge is -2.18. The molecule has 15 nitrogen and oxygen atoms in total. The first kappa shape index (κ1) is 65.6. The third-order valence-corrected chi connectivity index (χ3v) is 10.2. The van der Waals surface area contributed by atoms with Gasteiger partial charge in [0.2, 0.25) is 0 Å². The lowest BCUT2D eigenvalue weighted by atomic mass is 10.0. The number of unbranched alkanes of at least 4 members (excludes halogenated alkanes) is 16. The molecule has 390 valence electrons. The molecule has 0 bridgehead atoms. The van der Waals surface area contributed by atoms with E-state index >= 15 is 0 Å². The number of carbonyl (C=O) groups is 2. The van der Waals surface area contributed by atoms with Gasteiger partial charge in [-0.1, -0.05) is 143 Å². The fourth-order valence-corrected chi connectivity index (χ4v) is 6.53. The van der Waals surface area contributed by atoms with Crippen molar-refractivity contribution in [2.24, 2.45) is 0 Å². The minimum absolute atomic E-state index is 0.257. The molecular formula is C50H100O15. The summed E-state index contributed by atoms with van der Waals surface area (Å²) in [7, 11) is 0. The first-order valence-corrected chi connectivity index (χ1v) is 25.7. The molecule has 15 heteroatoms. The van der Waals surface area contributed by atoms with Crippen molar-refractivity contribution in [2.75, 3.05) is 132 Å². The number of rotatable bonds is 55. The summed E-state index contributed by atoms with van der Waals surface area (Å²) >= 11 is 0. The van der Waals surface area contributed by atoms with Gasteiger partial charge in [-0.2, -0.15) is 0 Å². The van der Waals surface area contributed by atoms with Gasteiger partial charge < -0.3 is 62.3 Å². The third-order valence-electron chi connectivity index (χ3n) is 10.2. The summed E-state index contributed by atoms with van der Waals surface area (Å²) in [6.45, 7) is 17.0.